The van der Waals surface area contributed by atoms with Crippen LogP contribution in [0.4, 0.5) is 16.2 Å². The van der Waals surface area contributed by atoms with E-state index in [0.717, 1.165) is 17.7 Å². The molecule has 2 aromatic rings. The molecule has 0 unspecified atom stereocenters. The fourth-order valence-corrected chi connectivity index (χ4v) is 2.97. The molecule has 1 fully saturated rings. The number of nitrogens with one attached hydrogen (secondary N) is 2. The molecule has 1 aliphatic heterocycles. The van der Waals surface area contributed by atoms with Gasteiger partial charge in [0.25, 0.3) is 0 Å². The molecule has 0 aromatic heterocycles. The number of carbonyl (C=O) groups excluding carboxylic acids is 2. The number of rotatable bonds is 5. The first-order valence-corrected chi connectivity index (χ1v) is 8.72. The highest BCUT2D eigenvalue weighted by Gasteiger charge is 2.24. The average Bonchev–Trinajstić information content (AvgIpc) is 3.07. The van der Waals surface area contributed by atoms with E-state index in [-0.39, 0.29) is 11.9 Å². The number of ether oxygens (including phenoxy) is 1. The van der Waals surface area contributed by atoms with Crippen molar-refractivity contribution in [3.63, 3.8) is 0 Å². The Morgan fingerprint density at radius 3 is 2.65 bits per heavy atom. The van der Waals surface area contributed by atoms with Gasteiger partial charge in [0.1, 0.15) is 5.75 Å². The van der Waals surface area contributed by atoms with Crippen LogP contribution in [0.3, 0.4) is 0 Å². The van der Waals surface area contributed by atoms with Gasteiger partial charge in [-0.1, -0.05) is 23.7 Å². The highest BCUT2D eigenvalue weighted by Crippen LogP contribution is 2.33. The van der Waals surface area contributed by atoms with E-state index in [4.69, 9.17) is 16.3 Å². The number of hydrogen-bond donors (Lipinski definition) is 2. The second-order valence-electron chi connectivity index (χ2n) is 5.97. The number of nitrogens with zero attached hydrogens (tertiary/aromatic N) is 1. The molecule has 0 aliphatic carbocycles. The lowest BCUT2D eigenvalue weighted by Gasteiger charge is -2.19. The minimum atomic E-state index is -0.327. The Kier molecular flexibility index (Phi) is 5.63. The summed E-state index contributed by atoms with van der Waals surface area (Å²) in [7, 11) is 1.55. The lowest BCUT2D eigenvalue weighted by Crippen LogP contribution is -2.28. The quantitative estimate of drug-likeness (QED) is 0.837. The summed E-state index contributed by atoms with van der Waals surface area (Å²) < 4.78 is 5.39. The maximum atomic E-state index is 12.1. The second-order valence-corrected chi connectivity index (χ2v) is 6.41. The van der Waals surface area contributed by atoms with Crippen molar-refractivity contribution in [3.05, 3.63) is 53.1 Å². The molecule has 0 bridgehead atoms. The first-order valence-electron chi connectivity index (χ1n) is 8.34. The standard InChI is InChI=1S/C19H20ClN3O3/c1-26-17-11-15(8-9-16(17)23-10-2-3-18(23)24)22-19(25)21-12-13-4-6-14(20)7-5-13/h4-9,11H,2-3,10,12H2,1H3,(H2,21,22,25). The Bertz CT molecular complexity index is 808. The molecule has 0 atom stereocenters. The van der Waals surface area contributed by atoms with Crippen molar-refractivity contribution in [2.45, 2.75) is 19.4 Å². The minimum Gasteiger partial charge on any atom is -0.494 e. The number of halogens is 1. The van der Waals surface area contributed by atoms with Crippen molar-refractivity contribution in [1.82, 2.24) is 5.32 Å². The van der Waals surface area contributed by atoms with Crippen molar-refractivity contribution in [2.75, 3.05) is 23.9 Å². The summed E-state index contributed by atoms with van der Waals surface area (Å²) in [5, 5.41) is 6.20. The third-order valence-corrected chi connectivity index (χ3v) is 4.42. The third kappa shape index (κ3) is 4.26. The summed E-state index contributed by atoms with van der Waals surface area (Å²) in [6, 6.07) is 12.2. The lowest BCUT2D eigenvalue weighted by atomic mass is 10.2. The predicted molar refractivity (Wildman–Crippen MR) is 102 cm³/mol. The normalized spacial score (nSPS) is 13.6. The lowest BCUT2D eigenvalue weighted by molar-refractivity contribution is -0.117. The van der Waals surface area contributed by atoms with Crippen LogP contribution in [0.2, 0.25) is 5.02 Å². The van der Waals surface area contributed by atoms with Gasteiger partial charge in [-0.15, -0.1) is 0 Å². The summed E-state index contributed by atoms with van der Waals surface area (Å²) in [4.78, 5) is 25.7. The molecule has 136 valence electrons. The van der Waals surface area contributed by atoms with Crippen molar-refractivity contribution in [3.8, 4) is 5.75 Å². The summed E-state index contributed by atoms with van der Waals surface area (Å²) in [5.41, 5.74) is 2.26. The first-order chi connectivity index (χ1) is 12.6. The van der Waals surface area contributed by atoms with E-state index in [2.05, 4.69) is 10.6 Å². The van der Waals surface area contributed by atoms with E-state index in [0.29, 0.717) is 36.0 Å². The Morgan fingerprint density at radius 2 is 2.00 bits per heavy atom. The van der Waals surface area contributed by atoms with Gasteiger partial charge in [-0.25, -0.2) is 4.79 Å². The summed E-state index contributed by atoms with van der Waals surface area (Å²) >= 11 is 5.84. The van der Waals surface area contributed by atoms with E-state index in [9.17, 15) is 9.59 Å². The van der Waals surface area contributed by atoms with Crippen LogP contribution in [0.1, 0.15) is 18.4 Å². The van der Waals surface area contributed by atoms with Crippen molar-refractivity contribution in [2.24, 2.45) is 0 Å². The molecule has 2 N–H and O–H groups in total. The van der Waals surface area contributed by atoms with Gasteiger partial charge >= 0.3 is 6.03 Å². The molecule has 3 rings (SSSR count). The zero-order valence-corrected chi connectivity index (χ0v) is 15.2. The van der Waals surface area contributed by atoms with Crippen molar-refractivity contribution < 1.29 is 14.3 Å². The molecule has 3 amide bonds. The van der Waals surface area contributed by atoms with Crippen LogP contribution in [-0.4, -0.2) is 25.6 Å². The van der Waals surface area contributed by atoms with Gasteiger partial charge in [-0.3, -0.25) is 4.79 Å². The van der Waals surface area contributed by atoms with Crippen LogP contribution in [0.5, 0.6) is 5.75 Å². The highest BCUT2D eigenvalue weighted by atomic mass is 35.5. The van der Waals surface area contributed by atoms with E-state index in [1.54, 1.807) is 42.3 Å². The molecular formula is C19H20ClN3O3. The molecule has 0 spiro atoms. The van der Waals surface area contributed by atoms with E-state index >= 15 is 0 Å². The topological polar surface area (TPSA) is 70.7 Å². The van der Waals surface area contributed by atoms with Gasteiger partial charge in [0.2, 0.25) is 5.91 Å². The molecule has 1 heterocycles. The Morgan fingerprint density at radius 1 is 1.23 bits per heavy atom. The maximum Gasteiger partial charge on any atom is 0.319 e. The zero-order valence-electron chi connectivity index (χ0n) is 14.4. The summed E-state index contributed by atoms with van der Waals surface area (Å²) in [6.45, 7) is 1.07. The van der Waals surface area contributed by atoms with E-state index in [1.165, 1.54) is 0 Å². The van der Waals surface area contributed by atoms with Gasteiger partial charge in [0.05, 0.1) is 12.8 Å². The Labute approximate surface area is 157 Å². The van der Waals surface area contributed by atoms with Crippen LogP contribution in [0, 0.1) is 0 Å². The average molecular weight is 374 g/mol. The van der Waals surface area contributed by atoms with Crippen LogP contribution >= 0.6 is 11.6 Å². The smallest absolute Gasteiger partial charge is 0.319 e. The van der Waals surface area contributed by atoms with Crippen molar-refractivity contribution in [1.29, 1.82) is 0 Å². The van der Waals surface area contributed by atoms with Gasteiger partial charge in [0, 0.05) is 36.3 Å². The molecule has 7 heteroatoms. The zero-order chi connectivity index (χ0) is 18.5. The maximum absolute atomic E-state index is 12.1. The fourth-order valence-electron chi connectivity index (χ4n) is 2.84. The van der Waals surface area contributed by atoms with Crippen LogP contribution in [0.25, 0.3) is 0 Å². The largest absolute Gasteiger partial charge is 0.494 e. The van der Waals surface area contributed by atoms with Gasteiger partial charge in [-0.2, -0.15) is 0 Å². The summed E-state index contributed by atoms with van der Waals surface area (Å²) in [5.74, 6) is 0.639. The number of methoxy groups -OCH3 is 1. The molecule has 0 radical (unpaired) electrons. The van der Waals surface area contributed by atoms with Gasteiger partial charge < -0.3 is 20.3 Å². The summed E-state index contributed by atoms with van der Waals surface area (Å²) in [6.07, 6.45) is 1.39. The molecule has 0 saturated carbocycles. The Balaban J connectivity index is 1.63. The molecule has 1 aliphatic rings. The number of carbonyl (C=O) groups is 2. The van der Waals surface area contributed by atoms with E-state index in [1.807, 2.05) is 12.1 Å². The number of amides is 3. The van der Waals surface area contributed by atoms with Crippen LogP contribution < -0.4 is 20.3 Å². The van der Waals surface area contributed by atoms with Crippen molar-refractivity contribution >= 4 is 34.9 Å². The van der Waals surface area contributed by atoms with E-state index < -0.39 is 0 Å². The van der Waals surface area contributed by atoms with Gasteiger partial charge in [-0.05, 0) is 36.2 Å². The molecule has 6 nitrogen and oxygen atoms in total. The number of anilines is 2. The minimum absolute atomic E-state index is 0.0877. The SMILES string of the molecule is COc1cc(NC(=O)NCc2ccc(Cl)cc2)ccc1N1CCCC1=O. The molecule has 1 saturated heterocycles. The number of benzene rings is 2. The predicted octanol–water partition coefficient (Wildman–Crippen LogP) is 3.80. The second kappa shape index (κ2) is 8.10. The van der Waals surface area contributed by atoms with Crippen LogP contribution in [-0.2, 0) is 11.3 Å². The Hall–Kier alpha value is -2.73. The third-order valence-electron chi connectivity index (χ3n) is 4.17. The highest BCUT2D eigenvalue weighted by molar-refractivity contribution is 6.30. The molecule has 2 aromatic carbocycles. The monoisotopic (exact) mass is 373 g/mol. The first kappa shape index (κ1) is 18.1. The number of hydrogen-bond acceptors (Lipinski definition) is 3. The number of urea groups is 1. The van der Waals surface area contributed by atoms with Gasteiger partial charge in [0.15, 0.2) is 0 Å². The van der Waals surface area contributed by atoms with Crippen LogP contribution in [0.15, 0.2) is 42.5 Å². The molecule has 26 heavy (non-hydrogen) atoms. The fraction of sp³-hybridized carbons (Fsp3) is 0.263. The molecular weight excluding hydrogens is 354 g/mol.